The molecule has 5 N–H and O–H groups in total. The summed E-state index contributed by atoms with van der Waals surface area (Å²) in [6, 6.07) is 0.323. The lowest BCUT2D eigenvalue weighted by atomic mass is 10.2. The summed E-state index contributed by atoms with van der Waals surface area (Å²) < 4.78 is 0. The number of rotatable bonds is 5. The highest BCUT2D eigenvalue weighted by atomic mass is 32.1. The Hall–Kier alpha value is -1.44. The third-order valence-corrected chi connectivity index (χ3v) is 2.89. The number of aliphatic hydroxyl groups is 1. The van der Waals surface area contributed by atoms with Gasteiger partial charge in [0.15, 0.2) is 0 Å². The Morgan fingerprint density at radius 1 is 1.59 bits per heavy atom. The van der Waals surface area contributed by atoms with Gasteiger partial charge in [-0.25, -0.2) is 4.79 Å². The number of hydrogen-bond acceptors (Lipinski definition) is 5. The minimum absolute atomic E-state index is 0.226. The maximum Gasteiger partial charge on any atom is 0.318 e. The van der Waals surface area contributed by atoms with Crippen molar-refractivity contribution in [2.24, 2.45) is 5.73 Å². The van der Waals surface area contributed by atoms with Gasteiger partial charge in [0.1, 0.15) is 0 Å². The predicted octanol–water partition coefficient (Wildman–Crippen LogP) is -0.0455. The molecule has 0 bridgehead atoms. The van der Waals surface area contributed by atoms with Gasteiger partial charge in [-0.15, -0.1) is 0 Å². The van der Waals surface area contributed by atoms with Crippen molar-refractivity contribution in [1.82, 2.24) is 10.6 Å². The predicted molar refractivity (Wildman–Crippen MR) is 64.5 cm³/mol. The molecule has 3 amide bonds. The molecule has 0 aliphatic heterocycles. The quantitative estimate of drug-likeness (QED) is 0.594. The average Bonchev–Trinajstić information content (AvgIpc) is 2.77. The van der Waals surface area contributed by atoms with E-state index in [2.05, 4.69) is 5.32 Å². The zero-order chi connectivity index (χ0) is 12.8. The topological polar surface area (TPSA) is 104 Å². The van der Waals surface area contributed by atoms with Crippen LogP contribution < -0.4 is 16.4 Å². The first-order valence-corrected chi connectivity index (χ1v) is 5.99. The minimum atomic E-state index is -0.887. The summed E-state index contributed by atoms with van der Waals surface area (Å²) in [6.07, 6.45) is -0.676. The van der Waals surface area contributed by atoms with Crippen molar-refractivity contribution in [1.29, 1.82) is 0 Å². The van der Waals surface area contributed by atoms with Crippen LogP contribution in [0.1, 0.15) is 18.6 Å². The molecule has 1 aromatic heterocycles. The lowest BCUT2D eigenvalue weighted by Crippen LogP contribution is -2.47. The summed E-state index contributed by atoms with van der Waals surface area (Å²) in [5, 5.41) is 18.2. The van der Waals surface area contributed by atoms with E-state index < -0.39 is 24.1 Å². The second-order valence-electron chi connectivity index (χ2n) is 3.56. The van der Waals surface area contributed by atoms with Gasteiger partial charge < -0.3 is 16.2 Å². The van der Waals surface area contributed by atoms with Crippen LogP contribution in [0.2, 0.25) is 0 Å². The van der Waals surface area contributed by atoms with E-state index in [0.717, 1.165) is 5.56 Å². The first-order chi connectivity index (χ1) is 8.00. The van der Waals surface area contributed by atoms with Crippen LogP contribution in [0, 0.1) is 0 Å². The summed E-state index contributed by atoms with van der Waals surface area (Å²) in [7, 11) is 0. The van der Waals surface area contributed by atoms with Crippen LogP contribution >= 0.6 is 11.3 Å². The zero-order valence-corrected chi connectivity index (χ0v) is 10.2. The van der Waals surface area contributed by atoms with E-state index >= 15 is 0 Å². The Balaban J connectivity index is 2.35. The van der Waals surface area contributed by atoms with Gasteiger partial charge in [0.05, 0.1) is 12.1 Å². The molecule has 0 aliphatic carbocycles. The highest BCUT2D eigenvalue weighted by molar-refractivity contribution is 7.07. The number of carbonyl (C=O) groups is 2. The minimum Gasteiger partial charge on any atom is -0.387 e. The van der Waals surface area contributed by atoms with Crippen LogP contribution in [0.5, 0.6) is 0 Å². The fourth-order valence-electron chi connectivity index (χ4n) is 1.19. The number of imide groups is 1. The van der Waals surface area contributed by atoms with Crippen molar-refractivity contribution in [2.45, 2.75) is 19.1 Å². The molecule has 0 fully saturated rings. The molecular weight excluding hydrogens is 242 g/mol. The smallest absolute Gasteiger partial charge is 0.318 e. The van der Waals surface area contributed by atoms with Crippen LogP contribution in [0.25, 0.3) is 0 Å². The van der Waals surface area contributed by atoms with E-state index in [1.807, 2.05) is 22.1 Å². The zero-order valence-electron chi connectivity index (χ0n) is 9.34. The number of nitrogens with one attached hydrogen (secondary N) is 2. The van der Waals surface area contributed by atoms with E-state index in [9.17, 15) is 14.7 Å². The van der Waals surface area contributed by atoms with Gasteiger partial charge >= 0.3 is 6.03 Å². The van der Waals surface area contributed by atoms with Gasteiger partial charge in [-0.05, 0) is 29.3 Å². The van der Waals surface area contributed by atoms with Crippen molar-refractivity contribution < 1.29 is 14.7 Å². The Kier molecular flexibility index (Phi) is 5.08. The number of amides is 3. The molecule has 0 aromatic carbocycles. The van der Waals surface area contributed by atoms with Gasteiger partial charge in [0.2, 0.25) is 5.91 Å². The van der Waals surface area contributed by atoms with Crippen molar-refractivity contribution in [3.05, 3.63) is 22.4 Å². The van der Waals surface area contributed by atoms with Crippen molar-refractivity contribution in [3.63, 3.8) is 0 Å². The number of aliphatic hydroxyl groups excluding tert-OH is 1. The molecule has 0 saturated heterocycles. The molecule has 0 radical (unpaired) electrons. The normalized spacial score (nSPS) is 14.0. The maximum atomic E-state index is 11.3. The molecule has 1 heterocycles. The Bertz CT molecular complexity index is 380. The van der Waals surface area contributed by atoms with Crippen molar-refractivity contribution in [3.8, 4) is 0 Å². The average molecular weight is 257 g/mol. The van der Waals surface area contributed by atoms with Crippen LogP contribution in [-0.4, -0.2) is 29.6 Å². The van der Waals surface area contributed by atoms with E-state index in [4.69, 9.17) is 5.73 Å². The molecule has 1 aromatic rings. The van der Waals surface area contributed by atoms with Gasteiger partial charge in [-0.3, -0.25) is 10.1 Å². The molecule has 6 nitrogen and oxygen atoms in total. The number of thiophene rings is 1. The second-order valence-corrected chi connectivity index (χ2v) is 4.34. The van der Waals surface area contributed by atoms with E-state index in [0.29, 0.717) is 0 Å². The molecule has 0 aliphatic rings. The molecular formula is C10H15N3O3S. The largest absolute Gasteiger partial charge is 0.387 e. The second kappa shape index (κ2) is 6.33. The third-order valence-electron chi connectivity index (χ3n) is 2.19. The Morgan fingerprint density at radius 3 is 2.82 bits per heavy atom. The monoisotopic (exact) mass is 257 g/mol. The number of urea groups is 1. The fourth-order valence-corrected chi connectivity index (χ4v) is 1.90. The summed E-state index contributed by atoms with van der Waals surface area (Å²) in [5.74, 6) is -0.519. The highest BCUT2D eigenvalue weighted by Gasteiger charge is 2.16. The van der Waals surface area contributed by atoms with Gasteiger partial charge in [-0.2, -0.15) is 11.3 Å². The van der Waals surface area contributed by atoms with Crippen LogP contribution in [-0.2, 0) is 4.79 Å². The third kappa shape index (κ3) is 4.51. The van der Waals surface area contributed by atoms with Crippen LogP contribution in [0.15, 0.2) is 16.8 Å². The fraction of sp³-hybridized carbons (Fsp3) is 0.400. The summed E-state index contributed by atoms with van der Waals surface area (Å²) in [4.78, 5) is 21.8. The number of hydrogen-bond donors (Lipinski definition) is 4. The van der Waals surface area contributed by atoms with E-state index in [1.165, 1.54) is 11.3 Å². The SMILES string of the molecule is CC(NCC(O)c1ccsc1)C(=O)NC(N)=O. The highest BCUT2D eigenvalue weighted by Crippen LogP contribution is 2.15. The van der Waals surface area contributed by atoms with Gasteiger partial charge in [0, 0.05) is 6.54 Å². The molecule has 17 heavy (non-hydrogen) atoms. The molecule has 2 atom stereocenters. The maximum absolute atomic E-state index is 11.3. The molecule has 0 saturated carbocycles. The molecule has 7 heteroatoms. The molecule has 2 unspecified atom stereocenters. The summed E-state index contributed by atoms with van der Waals surface area (Å²) in [5.41, 5.74) is 5.61. The lowest BCUT2D eigenvalue weighted by Gasteiger charge is -2.15. The first-order valence-electron chi connectivity index (χ1n) is 5.04. The summed E-state index contributed by atoms with van der Waals surface area (Å²) in [6.45, 7) is 1.81. The number of primary amides is 1. The first kappa shape index (κ1) is 13.6. The number of nitrogens with two attached hydrogens (primary N) is 1. The molecule has 0 spiro atoms. The standard InChI is InChI=1S/C10H15N3O3S/c1-6(9(15)13-10(11)16)12-4-8(14)7-2-3-17-5-7/h2-3,5-6,8,12,14H,4H2,1H3,(H3,11,13,15,16). The molecule has 1 rings (SSSR count). The lowest BCUT2D eigenvalue weighted by molar-refractivity contribution is -0.121. The van der Waals surface area contributed by atoms with Gasteiger partial charge in [0.25, 0.3) is 0 Å². The van der Waals surface area contributed by atoms with Crippen molar-refractivity contribution in [2.75, 3.05) is 6.54 Å². The number of carbonyl (C=O) groups excluding carboxylic acids is 2. The van der Waals surface area contributed by atoms with Gasteiger partial charge in [-0.1, -0.05) is 0 Å². The van der Waals surface area contributed by atoms with E-state index in [-0.39, 0.29) is 6.54 Å². The van der Waals surface area contributed by atoms with Crippen LogP contribution in [0.3, 0.4) is 0 Å². The van der Waals surface area contributed by atoms with Crippen molar-refractivity contribution >= 4 is 23.3 Å². The molecule has 94 valence electrons. The Morgan fingerprint density at radius 2 is 2.29 bits per heavy atom. The Labute approximate surface area is 103 Å². The van der Waals surface area contributed by atoms with E-state index in [1.54, 1.807) is 6.92 Å². The van der Waals surface area contributed by atoms with Crippen LogP contribution in [0.4, 0.5) is 4.79 Å². The summed E-state index contributed by atoms with van der Waals surface area (Å²) >= 11 is 1.49.